The molecule has 0 aromatic rings. The van der Waals surface area contributed by atoms with E-state index in [0.29, 0.717) is 0 Å². The fourth-order valence-electron chi connectivity index (χ4n) is 2.19. The van der Waals surface area contributed by atoms with Crippen LogP contribution in [0.15, 0.2) is 0 Å². The average molecular weight is 451 g/mol. The molecule has 1 N–H and O–H groups in total. The molecule has 0 aromatic carbocycles. The summed E-state index contributed by atoms with van der Waals surface area (Å²) in [4.78, 5) is 47.4. The Morgan fingerprint density at radius 3 is 1.57 bits per heavy atom. The predicted octanol–water partition coefficient (Wildman–Crippen LogP) is 2.51. The Kier molecular flexibility index (Phi) is 10.8. The molecule has 174 valence electrons. The minimum Gasteiger partial charge on any atom is -0.466 e. The van der Waals surface area contributed by atoms with E-state index < -0.39 is 44.6 Å². The van der Waals surface area contributed by atoms with Crippen LogP contribution in [-0.2, 0) is 38.8 Å². The van der Waals surface area contributed by atoms with Gasteiger partial charge in [0.25, 0.3) is 10.1 Å². The molecule has 0 aliphatic rings. The summed E-state index contributed by atoms with van der Waals surface area (Å²) in [6, 6.07) is 0. The molecule has 0 heterocycles. The van der Waals surface area contributed by atoms with E-state index in [-0.39, 0.29) is 50.5 Å². The van der Waals surface area contributed by atoms with Gasteiger partial charge in [-0.05, 0) is 12.8 Å². The molecule has 0 aromatic heterocycles. The zero-order chi connectivity index (χ0) is 23.8. The molecule has 0 aliphatic heterocycles. The number of hydrogen-bond acceptors (Lipinski definition) is 8. The molecule has 0 amide bonds. The molecule has 0 radical (unpaired) electrons. The van der Waals surface area contributed by atoms with Crippen LogP contribution in [0, 0.1) is 10.8 Å². The Morgan fingerprint density at radius 1 is 0.800 bits per heavy atom. The van der Waals surface area contributed by atoms with Crippen molar-refractivity contribution in [1.29, 1.82) is 0 Å². The molecular weight excluding hydrogens is 416 g/mol. The number of rotatable bonds is 12. The molecular formula is C20H34O9S. The van der Waals surface area contributed by atoms with Gasteiger partial charge >= 0.3 is 11.9 Å². The summed E-state index contributed by atoms with van der Waals surface area (Å²) < 4.78 is 41.8. The second-order valence-corrected chi connectivity index (χ2v) is 10.7. The van der Waals surface area contributed by atoms with E-state index in [0.717, 1.165) is 0 Å². The van der Waals surface area contributed by atoms with Crippen LogP contribution in [-0.4, -0.2) is 54.9 Å². The summed E-state index contributed by atoms with van der Waals surface area (Å²) in [6.45, 7) is 10.2. The van der Waals surface area contributed by atoms with E-state index in [4.69, 9.17) is 9.47 Å². The number of ether oxygens (including phenoxy) is 2. The zero-order valence-corrected chi connectivity index (χ0v) is 19.5. The second kappa shape index (κ2) is 11.5. The fourth-order valence-corrected chi connectivity index (χ4v) is 2.85. The molecule has 1 atom stereocenters. The molecule has 0 saturated carbocycles. The Bertz CT molecular complexity index is 724. The molecule has 0 bridgehead atoms. The molecule has 0 fully saturated rings. The monoisotopic (exact) mass is 450 g/mol. The van der Waals surface area contributed by atoms with Gasteiger partial charge < -0.3 is 9.47 Å². The first-order valence-corrected chi connectivity index (χ1v) is 11.3. The van der Waals surface area contributed by atoms with Crippen molar-refractivity contribution in [3.05, 3.63) is 0 Å². The Balaban J connectivity index is 4.54. The highest BCUT2D eigenvalue weighted by molar-refractivity contribution is 7.87. The van der Waals surface area contributed by atoms with Crippen molar-refractivity contribution >= 4 is 33.6 Å². The molecule has 0 spiro atoms. The van der Waals surface area contributed by atoms with Crippen LogP contribution >= 0.6 is 0 Å². The molecule has 0 aliphatic carbocycles. The van der Waals surface area contributed by atoms with Crippen LogP contribution in [0.4, 0.5) is 0 Å². The first kappa shape index (κ1) is 28.2. The maximum absolute atomic E-state index is 12.0. The normalized spacial score (nSPS) is 13.4. The number of hydrogen-bond donors (Lipinski definition) is 1. The van der Waals surface area contributed by atoms with Crippen molar-refractivity contribution in [3.63, 3.8) is 0 Å². The second-order valence-electron chi connectivity index (χ2n) is 9.15. The van der Waals surface area contributed by atoms with Crippen molar-refractivity contribution in [2.24, 2.45) is 10.8 Å². The van der Waals surface area contributed by atoms with Crippen molar-refractivity contribution in [2.75, 3.05) is 13.2 Å². The minimum absolute atomic E-state index is 0.0112. The Labute approximate surface area is 178 Å². The van der Waals surface area contributed by atoms with E-state index in [2.05, 4.69) is 0 Å². The lowest BCUT2D eigenvalue weighted by Gasteiger charge is -2.17. The van der Waals surface area contributed by atoms with Crippen LogP contribution in [0.3, 0.4) is 0 Å². The highest BCUT2D eigenvalue weighted by atomic mass is 32.2. The van der Waals surface area contributed by atoms with Crippen LogP contribution in [0.25, 0.3) is 0 Å². The first-order valence-electron chi connectivity index (χ1n) is 9.81. The van der Waals surface area contributed by atoms with Gasteiger partial charge in [-0.3, -0.25) is 23.7 Å². The Hall–Kier alpha value is -1.81. The maximum Gasteiger partial charge on any atom is 0.327 e. The lowest BCUT2D eigenvalue weighted by Crippen LogP contribution is -2.34. The van der Waals surface area contributed by atoms with E-state index in [1.165, 1.54) is 0 Å². The van der Waals surface area contributed by atoms with E-state index in [1.807, 2.05) is 0 Å². The van der Waals surface area contributed by atoms with Crippen LogP contribution in [0.5, 0.6) is 0 Å². The van der Waals surface area contributed by atoms with Gasteiger partial charge in [0.2, 0.25) is 0 Å². The highest BCUT2D eigenvalue weighted by Gasteiger charge is 2.35. The molecule has 30 heavy (non-hydrogen) atoms. The van der Waals surface area contributed by atoms with E-state index >= 15 is 0 Å². The number of carbonyl (C=O) groups excluding carboxylic acids is 4. The van der Waals surface area contributed by atoms with Gasteiger partial charge in [-0.25, -0.2) is 0 Å². The summed E-state index contributed by atoms with van der Waals surface area (Å²) in [5.41, 5.74) is -1.05. The summed E-state index contributed by atoms with van der Waals surface area (Å²) in [7, 11) is -4.90. The van der Waals surface area contributed by atoms with Crippen LogP contribution < -0.4 is 0 Å². The smallest absolute Gasteiger partial charge is 0.327 e. The van der Waals surface area contributed by atoms with Gasteiger partial charge in [-0.2, -0.15) is 8.42 Å². The third-order valence-corrected chi connectivity index (χ3v) is 5.33. The quantitative estimate of drug-likeness (QED) is 0.269. The molecule has 1 unspecified atom stereocenters. The SMILES string of the molecule is CC(C)(C)C(=O)CCCOC(=O)CC(C(=O)OCCCC(=O)C(C)(C)C)S(=O)(=O)O. The van der Waals surface area contributed by atoms with Crippen LogP contribution in [0.2, 0.25) is 0 Å². The van der Waals surface area contributed by atoms with Gasteiger partial charge in [0.05, 0.1) is 19.6 Å². The number of Topliss-reactive ketones (excluding diaryl/α,β-unsaturated/α-hetero) is 2. The number of esters is 2. The van der Waals surface area contributed by atoms with Crippen LogP contribution in [0.1, 0.15) is 73.6 Å². The van der Waals surface area contributed by atoms with Gasteiger partial charge in [-0.15, -0.1) is 0 Å². The lowest BCUT2D eigenvalue weighted by atomic mass is 9.88. The van der Waals surface area contributed by atoms with E-state index in [9.17, 15) is 32.1 Å². The zero-order valence-electron chi connectivity index (χ0n) is 18.6. The summed E-state index contributed by atoms with van der Waals surface area (Å²) >= 11 is 0. The van der Waals surface area contributed by atoms with Gasteiger partial charge in [-0.1, -0.05) is 41.5 Å². The maximum atomic E-state index is 12.0. The van der Waals surface area contributed by atoms with Gasteiger partial charge in [0.1, 0.15) is 11.6 Å². The Morgan fingerprint density at radius 2 is 1.20 bits per heavy atom. The standard InChI is InChI=1S/C20H34O9S/c1-19(2,3)15(21)9-7-11-28-17(23)13-14(30(25,26)27)18(24)29-12-8-10-16(22)20(4,5)6/h14H,7-13H2,1-6H3,(H,25,26,27). The molecule has 0 saturated heterocycles. The third kappa shape index (κ3) is 11.4. The fraction of sp³-hybridized carbons (Fsp3) is 0.800. The topological polar surface area (TPSA) is 141 Å². The molecule has 10 heteroatoms. The number of ketones is 2. The third-order valence-electron chi connectivity index (χ3n) is 4.25. The highest BCUT2D eigenvalue weighted by Crippen LogP contribution is 2.19. The largest absolute Gasteiger partial charge is 0.466 e. The van der Waals surface area contributed by atoms with Gasteiger partial charge in [0, 0.05) is 23.7 Å². The summed E-state index contributed by atoms with van der Waals surface area (Å²) in [6.07, 6.45) is -0.140. The lowest BCUT2D eigenvalue weighted by molar-refractivity contribution is -0.150. The predicted molar refractivity (Wildman–Crippen MR) is 109 cm³/mol. The number of carbonyl (C=O) groups is 4. The van der Waals surface area contributed by atoms with Crippen molar-refractivity contribution in [2.45, 2.75) is 78.9 Å². The summed E-state index contributed by atoms with van der Waals surface area (Å²) in [5.74, 6) is -2.36. The average Bonchev–Trinajstić information content (AvgIpc) is 2.56. The van der Waals surface area contributed by atoms with Crippen molar-refractivity contribution in [3.8, 4) is 0 Å². The van der Waals surface area contributed by atoms with Crippen molar-refractivity contribution < 1.29 is 41.6 Å². The summed E-state index contributed by atoms with van der Waals surface area (Å²) in [5, 5.41) is -2.11. The minimum atomic E-state index is -4.90. The molecule has 9 nitrogen and oxygen atoms in total. The molecule has 0 rings (SSSR count). The van der Waals surface area contributed by atoms with Crippen molar-refractivity contribution in [1.82, 2.24) is 0 Å². The van der Waals surface area contributed by atoms with E-state index in [1.54, 1.807) is 41.5 Å². The van der Waals surface area contributed by atoms with Gasteiger partial charge in [0.15, 0.2) is 5.25 Å². The first-order chi connectivity index (χ1) is 13.5.